The Balaban J connectivity index is 0.00000300. The van der Waals surface area contributed by atoms with Crippen LogP contribution in [0.3, 0.4) is 0 Å². The zero-order valence-corrected chi connectivity index (χ0v) is 21.3. The van der Waals surface area contributed by atoms with Gasteiger partial charge in [0.25, 0.3) is 0 Å². The zero-order valence-electron chi connectivity index (χ0n) is 17.4. The topological polar surface area (TPSA) is 56.7 Å². The summed E-state index contributed by atoms with van der Waals surface area (Å²) < 4.78 is 0. The Labute approximate surface area is 199 Å². The van der Waals surface area contributed by atoms with Crippen LogP contribution in [0.25, 0.3) is 0 Å². The minimum absolute atomic E-state index is 0. The molecule has 0 aromatic carbocycles. The normalized spacial score (nSPS) is 14.7. The molecule has 0 aliphatic carbocycles. The molecule has 2 aromatic rings. The molecule has 1 unspecified atom stereocenters. The number of carbonyl (C=O) groups excluding carboxylic acids is 1. The Morgan fingerprint density at radius 2 is 2.17 bits per heavy atom. The van der Waals surface area contributed by atoms with Gasteiger partial charge in [0.15, 0.2) is 5.96 Å². The van der Waals surface area contributed by atoms with Gasteiger partial charge in [-0.25, -0.2) is 0 Å². The van der Waals surface area contributed by atoms with E-state index in [4.69, 9.17) is 0 Å². The lowest BCUT2D eigenvalue weighted by atomic mass is 10.1. The van der Waals surface area contributed by atoms with Crippen LogP contribution in [0.15, 0.2) is 28.6 Å². The summed E-state index contributed by atoms with van der Waals surface area (Å²) in [5, 5.41) is 8.87. The highest BCUT2D eigenvalue weighted by atomic mass is 127. The second-order valence-electron chi connectivity index (χ2n) is 7.21. The van der Waals surface area contributed by atoms with Gasteiger partial charge in [0.2, 0.25) is 5.91 Å². The third kappa shape index (κ3) is 7.25. The SMILES string of the molecule is CCNC(=NCCC(=O)N1CCc2sccc2C1)NC(C)Cc1ccc(C)s1.I. The van der Waals surface area contributed by atoms with Crippen molar-refractivity contribution < 1.29 is 4.79 Å². The molecule has 3 heterocycles. The van der Waals surface area contributed by atoms with Crippen LogP contribution in [0.2, 0.25) is 0 Å². The molecule has 1 aliphatic heterocycles. The van der Waals surface area contributed by atoms with E-state index in [-0.39, 0.29) is 35.9 Å². The van der Waals surface area contributed by atoms with E-state index in [1.807, 2.05) is 16.2 Å². The van der Waals surface area contributed by atoms with E-state index >= 15 is 0 Å². The van der Waals surface area contributed by atoms with E-state index in [0.29, 0.717) is 13.0 Å². The molecule has 29 heavy (non-hydrogen) atoms. The van der Waals surface area contributed by atoms with Crippen LogP contribution in [-0.4, -0.2) is 42.4 Å². The number of carbonyl (C=O) groups is 1. The molecular weight excluding hydrogens is 515 g/mol. The van der Waals surface area contributed by atoms with Crippen molar-refractivity contribution in [2.45, 2.75) is 52.6 Å². The maximum Gasteiger partial charge on any atom is 0.224 e. The third-order valence-corrected chi connectivity index (χ3v) is 6.83. The first kappa shape index (κ1) is 24.1. The van der Waals surface area contributed by atoms with Crippen molar-refractivity contribution in [3.05, 3.63) is 43.8 Å². The molecule has 160 valence electrons. The van der Waals surface area contributed by atoms with Crippen LogP contribution in [0.1, 0.15) is 40.5 Å². The number of amides is 1. The lowest BCUT2D eigenvalue weighted by molar-refractivity contribution is -0.131. The number of halogens is 1. The van der Waals surface area contributed by atoms with E-state index < -0.39 is 0 Å². The van der Waals surface area contributed by atoms with Gasteiger partial charge >= 0.3 is 0 Å². The predicted molar refractivity (Wildman–Crippen MR) is 135 cm³/mol. The number of rotatable bonds is 7. The molecule has 0 radical (unpaired) electrons. The molecule has 3 rings (SSSR count). The van der Waals surface area contributed by atoms with Crippen LogP contribution in [-0.2, 0) is 24.2 Å². The number of nitrogens with zero attached hydrogens (tertiary/aromatic N) is 2. The van der Waals surface area contributed by atoms with Crippen LogP contribution in [0.4, 0.5) is 0 Å². The average Bonchev–Trinajstić information content (AvgIpc) is 3.29. The van der Waals surface area contributed by atoms with Gasteiger partial charge in [-0.15, -0.1) is 46.7 Å². The molecular formula is C21H31IN4OS2. The van der Waals surface area contributed by atoms with Crippen molar-refractivity contribution in [1.82, 2.24) is 15.5 Å². The van der Waals surface area contributed by atoms with Crippen molar-refractivity contribution in [1.29, 1.82) is 0 Å². The largest absolute Gasteiger partial charge is 0.357 e. The molecule has 8 heteroatoms. The lowest BCUT2D eigenvalue weighted by Crippen LogP contribution is -2.43. The molecule has 1 atom stereocenters. The van der Waals surface area contributed by atoms with Gasteiger partial charge in [-0.2, -0.15) is 0 Å². The molecule has 0 saturated carbocycles. The van der Waals surface area contributed by atoms with E-state index in [1.54, 1.807) is 11.3 Å². The molecule has 1 amide bonds. The zero-order chi connectivity index (χ0) is 19.9. The quantitative estimate of drug-likeness (QED) is 0.311. The summed E-state index contributed by atoms with van der Waals surface area (Å²) in [5.41, 5.74) is 1.31. The molecule has 2 N–H and O–H groups in total. The molecule has 5 nitrogen and oxygen atoms in total. The molecule has 0 saturated heterocycles. The van der Waals surface area contributed by atoms with E-state index in [9.17, 15) is 4.79 Å². The average molecular weight is 547 g/mol. The first-order valence-electron chi connectivity index (χ1n) is 9.98. The van der Waals surface area contributed by atoms with E-state index in [2.05, 4.69) is 60.0 Å². The molecule has 0 fully saturated rings. The summed E-state index contributed by atoms with van der Waals surface area (Å²) in [5.74, 6) is 0.980. The summed E-state index contributed by atoms with van der Waals surface area (Å²) in [7, 11) is 0. The molecule has 1 aliphatic rings. The maximum atomic E-state index is 12.6. The smallest absolute Gasteiger partial charge is 0.224 e. The minimum Gasteiger partial charge on any atom is -0.357 e. The van der Waals surface area contributed by atoms with Crippen molar-refractivity contribution in [2.24, 2.45) is 4.99 Å². The van der Waals surface area contributed by atoms with E-state index in [0.717, 1.165) is 38.4 Å². The van der Waals surface area contributed by atoms with Crippen molar-refractivity contribution >= 4 is 58.5 Å². The highest BCUT2D eigenvalue weighted by molar-refractivity contribution is 14.0. The number of thiophene rings is 2. The molecule has 0 bridgehead atoms. The highest BCUT2D eigenvalue weighted by Gasteiger charge is 2.21. The summed E-state index contributed by atoms with van der Waals surface area (Å²) in [4.78, 5) is 23.3. The van der Waals surface area contributed by atoms with Gasteiger partial charge in [-0.05, 0) is 56.3 Å². The van der Waals surface area contributed by atoms with Gasteiger partial charge in [-0.1, -0.05) is 0 Å². The number of aryl methyl sites for hydroxylation is 1. The standard InChI is InChI=1S/C21H30N4OS2.HI/c1-4-22-21(24-15(2)13-18-6-5-16(3)28-18)23-10-7-20(26)25-11-8-19-17(14-25)9-12-27-19;/h5-6,9,12,15H,4,7-8,10-11,13-14H2,1-3H3,(H2,22,23,24);1H. The number of nitrogens with one attached hydrogen (secondary N) is 2. The monoisotopic (exact) mass is 546 g/mol. The van der Waals surface area contributed by atoms with Gasteiger partial charge in [0, 0.05) is 53.1 Å². The van der Waals surface area contributed by atoms with Crippen molar-refractivity contribution in [3.63, 3.8) is 0 Å². The first-order chi connectivity index (χ1) is 13.5. The van der Waals surface area contributed by atoms with Gasteiger partial charge in [0.1, 0.15) is 0 Å². The maximum absolute atomic E-state index is 12.6. The summed E-state index contributed by atoms with van der Waals surface area (Å²) in [6.45, 7) is 9.24. The molecule has 2 aromatic heterocycles. The lowest BCUT2D eigenvalue weighted by Gasteiger charge is -2.27. The van der Waals surface area contributed by atoms with Crippen molar-refractivity contribution in [2.75, 3.05) is 19.6 Å². The fraction of sp³-hybridized carbons (Fsp3) is 0.524. The second kappa shape index (κ2) is 11.9. The Bertz CT molecular complexity index is 817. The summed E-state index contributed by atoms with van der Waals surface area (Å²) in [6.07, 6.45) is 2.40. The van der Waals surface area contributed by atoms with Crippen LogP contribution >= 0.6 is 46.7 Å². The predicted octanol–water partition coefficient (Wildman–Crippen LogP) is 4.20. The Morgan fingerprint density at radius 1 is 1.34 bits per heavy atom. The van der Waals surface area contributed by atoms with Crippen LogP contribution < -0.4 is 10.6 Å². The number of fused-ring (bicyclic) bond motifs is 1. The Morgan fingerprint density at radius 3 is 2.90 bits per heavy atom. The Kier molecular flexibility index (Phi) is 9.91. The van der Waals surface area contributed by atoms with Gasteiger partial charge in [-0.3, -0.25) is 9.79 Å². The third-order valence-electron chi connectivity index (χ3n) is 4.79. The highest BCUT2D eigenvalue weighted by Crippen LogP contribution is 2.24. The number of guanidine groups is 1. The van der Waals surface area contributed by atoms with Gasteiger partial charge in [0.05, 0.1) is 6.54 Å². The fourth-order valence-corrected chi connectivity index (χ4v) is 5.29. The number of aliphatic imine (C=N–C) groups is 1. The first-order valence-corrected chi connectivity index (χ1v) is 11.7. The second-order valence-corrected chi connectivity index (χ2v) is 9.58. The van der Waals surface area contributed by atoms with Crippen LogP contribution in [0.5, 0.6) is 0 Å². The molecule has 0 spiro atoms. The van der Waals surface area contributed by atoms with Gasteiger partial charge < -0.3 is 15.5 Å². The van der Waals surface area contributed by atoms with Crippen LogP contribution in [0, 0.1) is 6.92 Å². The summed E-state index contributed by atoms with van der Waals surface area (Å²) in [6, 6.07) is 6.78. The number of hydrogen-bond acceptors (Lipinski definition) is 4. The number of hydrogen-bond donors (Lipinski definition) is 2. The van der Waals surface area contributed by atoms with Crippen molar-refractivity contribution in [3.8, 4) is 0 Å². The Hall–Kier alpha value is -1.13. The van der Waals surface area contributed by atoms with E-state index in [1.165, 1.54) is 20.2 Å². The summed E-state index contributed by atoms with van der Waals surface area (Å²) >= 11 is 3.64. The fourth-order valence-electron chi connectivity index (χ4n) is 3.38. The minimum atomic E-state index is 0.